The van der Waals surface area contributed by atoms with Gasteiger partial charge in [-0.25, -0.2) is 4.68 Å². The quantitative estimate of drug-likeness (QED) is 0.533. The minimum absolute atomic E-state index is 0.143. The highest BCUT2D eigenvalue weighted by molar-refractivity contribution is 5.80. The normalized spacial score (nSPS) is 11.0. The fourth-order valence-corrected chi connectivity index (χ4v) is 2.60. The molecule has 0 amide bonds. The molecular weight excluding hydrogens is 354 g/mol. The molecule has 136 valence electrons. The third-order valence-electron chi connectivity index (χ3n) is 3.87. The fourth-order valence-electron chi connectivity index (χ4n) is 2.60. The lowest BCUT2D eigenvalue weighted by Gasteiger charge is -2.06. The predicted octanol–water partition coefficient (Wildman–Crippen LogP) is 1.68. The van der Waals surface area contributed by atoms with E-state index in [-0.39, 0.29) is 17.4 Å². The molecule has 0 bridgehead atoms. The van der Waals surface area contributed by atoms with Gasteiger partial charge in [-0.15, -0.1) is 0 Å². The molecule has 0 unspecified atom stereocenters. The van der Waals surface area contributed by atoms with E-state index in [9.17, 15) is 14.4 Å². The second-order valence-electron chi connectivity index (χ2n) is 5.70. The molecule has 0 aliphatic rings. The summed E-state index contributed by atoms with van der Waals surface area (Å²) in [5, 5.41) is 6.65. The smallest absolute Gasteiger partial charge is 0.328 e. The van der Waals surface area contributed by atoms with Crippen molar-refractivity contribution in [1.29, 1.82) is 0 Å². The van der Waals surface area contributed by atoms with E-state index < -0.39 is 23.6 Å². The molecule has 3 heterocycles. The number of carbonyl (C=O) groups excluding carboxylic acids is 1. The van der Waals surface area contributed by atoms with Crippen LogP contribution in [-0.4, -0.2) is 20.9 Å². The van der Waals surface area contributed by atoms with Gasteiger partial charge in [-0.2, -0.15) is 0 Å². The van der Waals surface area contributed by atoms with Crippen LogP contribution in [0.4, 0.5) is 0 Å². The highest BCUT2D eigenvalue weighted by Gasteiger charge is 2.13. The molecule has 0 fully saturated rings. The Morgan fingerprint density at radius 1 is 1.11 bits per heavy atom. The number of nitrogens with one attached hydrogen (secondary N) is 1. The van der Waals surface area contributed by atoms with Crippen LogP contribution in [0, 0.1) is 0 Å². The summed E-state index contributed by atoms with van der Waals surface area (Å²) in [6.45, 7) is -0.572. The molecule has 27 heavy (non-hydrogen) atoms. The van der Waals surface area contributed by atoms with Crippen LogP contribution >= 0.6 is 0 Å². The Morgan fingerprint density at radius 3 is 2.70 bits per heavy atom. The van der Waals surface area contributed by atoms with Crippen molar-refractivity contribution < 1.29 is 18.5 Å². The summed E-state index contributed by atoms with van der Waals surface area (Å²) >= 11 is 0. The minimum Gasteiger partial charge on any atom is -0.461 e. The number of esters is 1. The molecule has 0 saturated heterocycles. The van der Waals surface area contributed by atoms with Gasteiger partial charge >= 0.3 is 5.97 Å². The maximum absolute atomic E-state index is 12.4. The van der Waals surface area contributed by atoms with E-state index in [1.807, 2.05) is 0 Å². The molecule has 9 nitrogen and oxygen atoms in total. The highest BCUT2D eigenvalue weighted by atomic mass is 16.5. The number of hydrogen-bond donors (Lipinski definition) is 1. The number of fused-ring (bicyclic) bond motifs is 1. The van der Waals surface area contributed by atoms with Gasteiger partial charge in [0.15, 0.2) is 5.76 Å². The third kappa shape index (κ3) is 3.30. The van der Waals surface area contributed by atoms with Crippen molar-refractivity contribution in [3.8, 4) is 11.5 Å². The first-order valence-corrected chi connectivity index (χ1v) is 7.99. The van der Waals surface area contributed by atoms with E-state index in [1.54, 1.807) is 36.4 Å². The van der Waals surface area contributed by atoms with Gasteiger partial charge < -0.3 is 13.7 Å². The number of benzene rings is 1. The minimum atomic E-state index is -0.703. The molecule has 4 rings (SSSR count). The zero-order valence-electron chi connectivity index (χ0n) is 13.9. The van der Waals surface area contributed by atoms with Crippen LogP contribution in [-0.2, 0) is 22.7 Å². The Hall–Kier alpha value is -3.88. The molecule has 0 aliphatic heterocycles. The Kier molecular flexibility index (Phi) is 4.17. The van der Waals surface area contributed by atoms with Crippen molar-refractivity contribution in [3.63, 3.8) is 0 Å². The Bertz CT molecular complexity index is 1220. The first-order valence-electron chi connectivity index (χ1n) is 7.99. The second-order valence-corrected chi connectivity index (χ2v) is 5.70. The van der Waals surface area contributed by atoms with E-state index in [1.165, 1.54) is 12.3 Å². The van der Waals surface area contributed by atoms with Gasteiger partial charge in [-0.1, -0.05) is 17.3 Å². The average Bonchev–Trinajstić information content (AvgIpc) is 3.36. The van der Waals surface area contributed by atoms with Crippen molar-refractivity contribution in [3.05, 3.63) is 75.1 Å². The lowest BCUT2D eigenvalue weighted by molar-refractivity contribution is -0.146. The molecule has 3 aromatic heterocycles. The van der Waals surface area contributed by atoms with Crippen molar-refractivity contribution in [1.82, 2.24) is 14.9 Å². The number of H-pyrrole nitrogens is 1. The zero-order valence-corrected chi connectivity index (χ0v) is 13.9. The van der Waals surface area contributed by atoms with Gasteiger partial charge in [-0.3, -0.25) is 19.5 Å². The predicted molar refractivity (Wildman–Crippen MR) is 92.8 cm³/mol. The maximum atomic E-state index is 12.4. The molecule has 0 saturated carbocycles. The summed E-state index contributed by atoms with van der Waals surface area (Å²) in [6.07, 6.45) is 1.50. The number of carbonyl (C=O) groups is 1. The lowest BCUT2D eigenvalue weighted by Crippen LogP contribution is -2.32. The van der Waals surface area contributed by atoms with Gasteiger partial charge in [0.2, 0.25) is 5.76 Å². The van der Waals surface area contributed by atoms with E-state index in [0.717, 1.165) is 4.68 Å². The third-order valence-corrected chi connectivity index (χ3v) is 3.87. The SMILES string of the molecule is O=C(Cn1[nH]c(=O)c2ccccc2c1=O)OCc1cc(-c2ccco2)on1. The van der Waals surface area contributed by atoms with Crippen LogP contribution in [0.1, 0.15) is 5.69 Å². The van der Waals surface area contributed by atoms with E-state index in [0.29, 0.717) is 17.2 Å². The van der Waals surface area contributed by atoms with Crippen molar-refractivity contribution >= 4 is 16.7 Å². The van der Waals surface area contributed by atoms with Crippen molar-refractivity contribution in [2.45, 2.75) is 13.2 Å². The summed E-state index contributed by atoms with van der Waals surface area (Å²) in [6, 6.07) is 11.4. The number of aromatic nitrogens is 3. The van der Waals surface area contributed by atoms with Gasteiger partial charge in [0.25, 0.3) is 11.1 Å². The zero-order chi connectivity index (χ0) is 18.8. The number of nitrogens with zero attached hydrogens (tertiary/aromatic N) is 2. The van der Waals surface area contributed by atoms with Crippen LogP contribution in [0.25, 0.3) is 22.3 Å². The van der Waals surface area contributed by atoms with E-state index in [2.05, 4.69) is 10.3 Å². The molecule has 0 radical (unpaired) electrons. The first-order chi connectivity index (χ1) is 13.1. The number of ether oxygens (including phenoxy) is 1. The monoisotopic (exact) mass is 367 g/mol. The first kappa shape index (κ1) is 16.6. The van der Waals surface area contributed by atoms with E-state index >= 15 is 0 Å². The summed E-state index contributed by atoms with van der Waals surface area (Å²) in [5.41, 5.74) is -0.560. The maximum Gasteiger partial charge on any atom is 0.328 e. The van der Waals surface area contributed by atoms with Crippen LogP contribution in [0.2, 0.25) is 0 Å². The number of hydrogen-bond acceptors (Lipinski definition) is 7. The molecule has 1 N–H and O–H groups in total. The van der Waals surface area contributed by atoms with Crippen LogP contribution in [0.15, 0.2) is 67.3 Å². The fraction of sp³-hybridized carbons (Fsp3) is 0.111. The largest absolute Gasteiger partial charge is 0.461 e. The number of rotatable bonds is 5. The summed E-state index contributed by atoms with van der Waals surface area (Å²) in [5.74, 6) is 0.201. The summed E-state index contributed by atoms with van der Waals surface area (Å²) in [7, 11) is 0. The molecule has 4 aromatic rings. The molecular formula is C18H13N3O6. The lowest BCUT2D eigenvalue weighted by atomic mass is 10.2. The number of furan rings is 1. The van der Waals surface area contributed by atoms with Crippen LogP contribution < -0.4 is 11.1 Å². The van der Waals surface area contributed by atoms with Crippen LogP contribution in [0.3, 0.4) is 0 Å². The van der Waals surface area contributed by atoms with Gasteiger partial charge in [-0.05, 0) is 24.3 Å². The molecule has 0 spiro atoms. The Labute approximate surface area is 150 Å². The summed E-state index contributed by atoms with van der Waals surface area (Å²) < 4.78 is 16.3. The molecule has 0 aliphatic carbocycles. The second kappa shape index (κ2) is 6.79. The van der Waals surface area contributed by atoms with Gasteiger partial charge in [0.1, 0.15) is 18.8 Å². The van der Waals surface area contributed by atoms with Gasteiger partial charge in [0, 0.05) is 6.07 Å². The van der Waals surface area contributed by atoms with Crippen LogP contribution in [0.5, 0.6) is 0 Å². The number of aromatic amines is 1. The molecule has 0 atom stereocenters. The highest BCUT2D eigenvalue weighted by Crippen LogP contribution is 2.20. The van der Waals surface area contributed by atoms with Crippen molar-refractivity contribution in [2.75, 3.05) is 0 Å². The topological polar surface area (TPSA) is 120 Å². The summed E-state index contributed by atoms with van der Waals surface area (Å²) in [4.78, 5) is 36.4. The molecule has 9 heteroatoms. The van der Waals surface area contributed by atoms with Crippen molar-refractivity contribution in [2.24, 2.45) is 0 Å². The Balaban J connectivity index is 1.46. The van der Waals surface area contributed by atoms with E-state index in [4.69, 9.17) is 13.7 Å². The Morgan fingerprint density at radius 2 is 1.93 bits per heavy atom. The standard InChI is InChI=1S/C18H13N3O6/c22-16(26-10-11-8-15(27-20-11)14-6-3-7-25-14)9-21-18(24)13-5-2-1-4-12(13)17(23)19-21/h1-8H,9-10H2,(H,19,23). The van der Waals surface area contributed by atoms with Gasteiger partial charge in [0.05, 0.1) is 17.0 Å². The molecule has 1 aromatic carbocycles. The average molecular weight is 367 g/mol.